The van der Waals surface area contributed by atoms with Crippen LogP contribution in [-0.4, -0.2) is 51.8 Å². The summed E-state index contributed by atoms with van der Waals surface area (Å²) in [6, 6.07) is 9.97. The zero-order valence-corrected chi connectivity index (χ0v) is 17.1. The quantitative estimate of drug-likeness (QED) is 0.620. The van der Waals surface area contributed by atoms with Gasteiger partial charge in [0.25, 0.3) is 0 Å². The van der Waals surface area contributed by atoms with E-state index in [0.29, 0.717) is 0 Å². The summed E-state index contributed by atoms with van der Waals surface area (Å²) in [5.41, 5.74) is 4.88. The minimum Gasteiger partial charge on any atom is -0.323 e. The molecule has 3 heterocycles. The van der Waals surface area contributed by atoms with Crippen molar-refractivity contribution in [3.05, 3.63) is 72.3 Å². The van der Waals surface area contributed by atoms with E-state index in [1.54, 1.807) is 29.3 Å². The summed E-state index contributed by atoms with van der Waals surface area (Å²) in [7, 11) is 1.88. The Morgan fingerprint density at radius 3 is 2.70 bits per heavy atom. The van der Waals surface area contributed by atoms with Crippen molar-refractivity contribution < 1.29 is 4.79 Å². The third kappa shape index (κ3) is 5.20. The summed E-state index contributed by atoms with van der Waals surface area (Å²) < 4.78 is 1.75. The van der Waals surface area contributed by atoms with E-state index in [9.17, 15) is 4.79 Å². The summed E-state index contributed by atoms with van der Waals surface area (Å²) in [5.74, 6) is -0.175. The summed E-state index contributed by atoms with van der Waals surface area (Å²) in [6.45, 7) is 5.16. The van der Waals surface area contributed by atoms with Crippen LogP contribution in [0.1, 0.15) is 11.1 Å². The second-order valence-electron chi connectivity index (χ2n) is 7.41. The van der Waals surface area contributed by atoms with E-state index in [2.05, 4.69) is 37.7 Å². The molecule has 7 heteroatoms. The lowest BCUT2D eigenvalue weighted by atomic mass is 10.0. The second-order valence-corrected chi connectivity index (χ2v) is 7.41. The fourth-order valence-corrected chi connectivity index (χ4v) is 3.53. The number of rotatable bonds is 6. The van der Waals surface area contributed by atoms with Crippen molar-refractivity contribution in [3.8, 4) is 11.1 Å². The Hall–Kier alpha value is -3.29. The molecule has 154 valence electrons. The zero-order valence-electron chi connectivity index (χ0n) is 17.1. The number of pyridine rings is 1. The molecule has 30 heavy (non-hydrogen) atoms. The predicted octanol–water partition coefficient (Wildman–Crippen LogP) is 2.54. The number of amides is 1. The molecule has 0 unspecified atom stereocenters. The van der Waals surface area contributed by atoms with Gasteiger partial charge in [0.15, 0.2) is 0 Å². The molecule has 4 rings (SSSR count). The van der Waals surface area contributed by atoms with Crippen molar-refractivity contribution in [1.82, 2.24) is 25.0 Å². The summed E-state index contributed by atoms with van der Waals surface area (Å²) in [5, 5.41) is 10.5. The summed E-state index contributed by atoms with van der Waals surface area (Å²) in [4.78, 5) is 19.0. The molecule has 0 saturated carbocycles. The number of aromatic nitrogens is 3. The highest BCUT2D eigenvalue weighted by Crippen LogP contribution is 2.23. The minimum atomic E-state index is -0.175. The standard InChI is InChI=1S/C23H26N6O/c1-28-17-20(15-26-28)22-8-9-25-14-19(22)4-7-23(30)27-21-5-2-18(3-6-21)16-29-12-10-24-11-13-29/h2-9,14-15,17,24H,10-13,16H2,1H3,(H,27,30)/b7-4+. The monoisotopic (exact) mass is 402 g/mol. The third-order valence-corrected chi connectivity index (χ3v) is 5.12. The first-order chi connectivity index (χ1) is 14.7. The summed E-state index contributed by atoms with van der Waals surface area (Å²) in [6.07, 6.45) is 10.5. The molecule has 0 bridgehead atoms. The van der Waals surface area contributed by atoms with E-state index in [1.807, 2.05) is 31.4 Å². The van der Waals surface area contributed by atoms with E-state index < -0.39 is 0 Å². The highest BCUT2D eigenvalue weighted by atomic mass is 16.1. The average molecular weight is 403 g/mol. The van der Waals surface area contributed by atoms with Crippen LogP contribution in [-0.2, 0) is 18.4 Å². The molecule has 0 atom stereocenters. The van der Waals surface area contributed by atoms with Gasteiger partial charge < -0.3 is 10.6 Å². The molecular weight excluding hydrogens is 376 g/mol. The van der Waals surface area contributed by atoms with Crippen LogP contribution in [0.25, 0.3) is 17.2 Å². The maximum atomic E-state index is 12.4. The van der Waals surface area contributed by atoms with Crippen LogP contribution in [0.15, 0.2) is 61.2 Å². The number of hydrogen-bond acceptors (Lipinski definition) is 5. The van der Waals surface area contributed by atoms with Crippen molar-refractivity contribution in [3.63, 3.8) is 0 Å². The van der Waals surface area contributed by atoms with Crippen molar-refractivity contribution in [2.24, 2.45) is 7.05 Å². The van der Waals surface area contributed by atoms with Gasteiger partial charge in [-0.05, 0) is 35.4 Å². The molecule has 1 fully saturated rings. The van der Waals surface area contributed by atoms with E-state index in [0.717, 1.165) is 55.1 Å². The molecular formula is C23H26N6O. The molecule has 0 radical (unpaired) electrons. The number of anilines is 1. The van der Waals surface area contributed by atoms with Gasteiger partial charge in [-0.15, -0.1) is 0 Å². The fourth-order valence-electron chi connectivity index (χ4n) is 3.53. The largest absolute Gasteiger partial charge is 0.323 e. The predicted molar refractivity (Wildman–Crippen MR) is 119 cm³/mol. The van der Waals surface area contributed by atoms with Crippen molar-refractivity contribution >= 4 is 17.7 Å². The molecule has 2 N–H and O–H groups in total. The van der Waals surface area contributed by atoms with Gasteiger partial charge in [-0.3, -0.25) is 19.4 Å². The number of carbonyl (C=O) groups is 1. The van der Waals surface area contributed by atoms with Gasteiger partial charge in [-0.2, -0.15) is 5.10 Å². The number of aryl methyl sites for hydroxylation is 1. The molecule has 0 aliphatic carbocycles. The molecule has 3 aromatic rings. The second kappa shape index (κ2) is 9.47. The highest BCUT2D eigenvalue weighted by Gasteiger charge is 2.10. The molecule has 2 aromatic heterocycles. The maximum absolute atomic E-state index is 12.4. The van der Waals surface area contributed by atoms with Gasteiger partial charge in [0.1, 0.15) is 0 Å². The first-order valence-corrected chi connectivity index (χ1v) is 10.1. The normalized spacial score (nSPS) is 14.8. The van der Waals surface area contributed by atoms with Gasteiger partial charge in [0.05, 0.1) is 6.20 Å². The fraction of sp³-hybridized carbons (Fsp3) is 0.261. The number of hydrogen-bond donors (Lipinski definition) is 2. The lowest BCUT2D eigenvalue weighted by molar-refractivity contribution is -0.111. The van der Waals surface area contributed by atoms with Gasteiger partial charge in [0, 0.05) is 81.3 Å². The number of nitrogens with one attached hydrogen (secondary N) is 2. The van der Waals surface area contributed by atoms with Crippen molar-refractivity contribution in [2.75, 3.05) is 31.5 Å². The van der Waals surface area contributed by atoms with E-state index >= 15 is 0 Å². The summed E-state index contributed by atoms with van der Waals surface area (Å²) >= 11 is 0. The smallest absolute Gasteiger partial charge is 0.248 e. The van der Waals surface area contributed by atoms with Gasteiger partial charge >= 0.3 is 0 Å². The van der Waals surface area contributed by atoms with Crippen LogP contribution in [0.4, 0.5) is 5.69 Å². The molecule has 1 amide bonds. The van der Waals surface area contributed by atoms with E-state index in [4.69, 9.17) is 0 Å². The Morgan fingerprint density at radius 1 is 1.17 bits per heavy atom. The van der Waals surface area contributed by atoms with Gasteiger partial charge in [-0.1, -0.05) is 12.1 Å². The number of carbonyl (C=O) groups excluding carboxylic acids is 1. The lowest BCUT2D eigenvalue weighted by Crippen LogP contribution is -2.42. The maximum Gasteiger partial charge on any atom is 0.248 e. The van der Waals surface area contributed by atoms with Crippen LogP contribution in [0, 0.1) is 0 Å². The molecule has 7 nitrogen and oxygen atoms in total. The van der Waals surface area contributed by atoms with Crippen LogP contribution in [0.2, 0.25) is 0 Å². The lowest BCUT2D eigenvalue weighted by Gasteiger charge is -2.27. The average Bonchev–Trinajstić information content (AvgIpc) is 3.21. The first-order valence-electron chi connectivity index (χ1n) is 10.1. The molecule has 1 aromatic carbocycles. The van der Waals surface area contributed by atoms with Crippen molar-refractivity contribution in [2.45, 2.75) is 6.54 Å². The van der Waals surface area contributed by atoms with Crippen LogP contribution in [0.5, 0.6) is 0 Å². The zero-order chi connectivity index (χ0) is 20.8. The Morgan fingerprint density at radius 2 is 1.97 bits per heavy atom. The first kappa shape index (κ1) is 20.0. The Labute approximate surface area is 176 Å². The van der Waals surface area contributed by atoms with Gasteiger partial charge in [-0.25, -0.2) is 0 Å². The van der Waals surface area contributed by atoms with Crippen molar-refractivity contribution in [1.29, 1.82) is 0 Å². The van der Waals surface area contributed by atoms with Crippen LogP contribution < -0.4 is 10.6 Å². The molecule has 0 spiro atoms. The van der Waals surface area contributed by atoms with Crippen LogP contribution in [0.3, 0.4) is 0 Å². The minimum absolute atomic E-state index is 0.175. The Kier molecular flexibility index (Phi) is 6.32. The molecule has 1 aliphatic rings. The van der Waals surface area contributed by atoms with Gasteiger partial charge in [0.2, 0.25) is 5.91 Å². The number of nitrogens with zero attached hydrogens (tertiary/aromatic N) is 4. The van der Waals surface area contributed by atoms with E-state index in [1.165, 1.54) is 11.6 Å². The third-order valence-electron chi connectivity index (χ3n) is 5.12. The molecule has 1 saturated heterocycles. The Balaban J connectivity index is 1.37. The number of benzene rings is 1. The van der Waals surface area contributed by atoms with E-state index in [-0.39, 0.29) is 5.91 Å². The van der Waals surface area contributed by atoms with Crippen LogP contribution >= 0.6 is 0 Å². The SMILES string of the molecule is Cn1cc(-c2ccncc2/C=C/C(=O)Nc2ccc(CN3CCNCC3)cc2)cn1. The topological polar surface area (TPSA) is 75.1 Å². The highest BCUT2D eigenvalue weighted by molar-refractivity contribution is 6.02. The Bertz CT molecular complexity index is 1020. The number of piperazine rings is 1. The molecule has 1 aliphatic heterocycles.